The van der Waals surface area contributed by atoms with E-state index in [1.165, 1.54) is 0 Å². The molecule has 3 aromatic carbocycles. The fourth-order valence-corrected chi connectivity index (χ4v) is 4.19. The van der Waals surface area contributed by atoms with Crippen molar-refractivity contribution in [2.24, 2.45) is 0 Å². The average molecular weight is 500 g/mol. The number of fused-ring (bicyclic) bond motifs is 2. The maximum atomic E-state index is 8.91. The van der Waals surface area contributed by atoms with Gasteiger partial charge in [-0.05, 0) is 57.6 Å². The SMILES string of the molecule is CN(C)CCCOc1ccc2nc(-c3ccc(-c4nc5ccc(OCCCCO)cc5[nH]4)cc3)[nH]c2c1. The number of nitrogens with zero attached hydrogens (tertiary/aromatic N) is 3. The molecule has 0 saturated carbocycles. The third-order valence-corrected chi connectivity index (χ3v) is 6.18. The molecule has 0 aliphatic carbocycles. The number of benzene rings is 3. The van der Waals surface area contributed by atoms with E-state index in [9.17, 15) is 0 Å². The molecule has 0 saturated heterocycles. The zero-order valence-electron chi connectivity index (χ0n) is 21.3. The Morgan fingerprint density at radius 3 is 1.70 bits per heavy atom. The Morgan fingerprint density at radius 1 is 0.703 bits per heavy atom. The van der Waals surface area contributed by atoms with Crippen LogP contribution in [0.1, 0.15) is 19.3 Å². The predicted molar refractivity (Wildman–Crippen MR) is 147 cm³/mol. The van der Waals surface area contributed by atoms with Gasteiger partial charge in [0, 0.05) is 36.4 Å². The van der Waals surface area contributed by atoms with Gasteiger partial charge < -0.3 is 29.4 Å². The minimum Gasteiger partial charge on any atom is -0.494 e. The lowest BCUT2D eigenvalue weighted by Crippen LogP contribution is -2.15. The molecule has 2 aromatic heterocycles. The minimum absolute atomic E-state index is 0.189. The lowest BCUT2D eigenvalue weighted by Gasteiger charge is -2.10. The van der Waals surface area contributed by atoms with Crippen LogP contribution < -0.4 is 9.47 Å². The number of hydrogen-bond donors (Lipinski definition) is 3. The molecule has 2 heterocycles. The monoisotopic (exact) mass is 499 g/mol. The first kappa shape index (κ1) is 24.8. The third-order valence-electron chi connectivity index (χ3n) is 6.18. The van der Waals surface area contributed by atoms with E-state index in [0.29, 0.717) is 13.2 Å². The Balaban J connectivity index is 1.27. The van der Waals surface area contributed by atoms with E-state index in [0.717, 1.165) is 82.1 Å². The van der Waals surface area contributed by atoms with Gasteiger partial charge in [0.2, 0.25) is 0 Å². The molecule has 0 aliphatic heterocycles. The zero-order chi connectivity index (χ0) is 25.6. The van der Waals surface area contributed by atoms with Crippen molar-refractivity contribution >= 4 is 22.1 Å². The molecular formula is C29H33N5O3. The van der Waals surface area contributed by atoms with Crippen LogP contribution in [0.25, 0.3) is 44.8 Å². The molecule has 37 heavy (non-hydrogen) atoms. The van der Waals surface area contributed by atoms with Crippen molar-refractivity contribution in [3.8, 4) is 34.3 Å². The Morgan fingerprint density at radius 2 is 1.22 bits per heavy atom. The largest absolute Gasteiger partial charge is 0.494 e. The lowest BCUT2D eigenvalue weighted by atomic mass is 10.1. The number of ether oxygens (including phenoxy) is 2. The standard InChI is InChI=1S/C29H33N5O3/c1-34(2)14-5-17-37-23-11-13-25-27(19-23)33-29(31-25)21-8-6-20(7-9-21)28-30-24-12-10-22(18-26(24)32-28)36-16-4-3-15-35/h6-13,18-19,35H,3-5,14-17H2,1-2H3,(H,30,32)(H,31,33). The van der Waals surface area contributed by atoms with Gasteiger partial charge >= 0.3 is 0 Å². The topological polar surface area (TPSA) is 99.3 Å². The van der Waals surface area contributed by atoms with Gasteiger partial charge in [0.25, 0.3) is 0 Å². The van der Waals surface area contributed by atoms with Gasteiger partial charge in [-0.15, -0.1) is 0 Å². The molecule has 0 aliphatic rings. The molecular weight excluding hydrogens is 466 g/mol. The van der Waals surface area contributed by atoms with Gasteiger partial charge in [-0.25, -0.2) is 9.97 Å². The number of aromatic nitrogens is 4. The number of rotatable bonds is 12. The highest BCUT2D eigenvalue weighted by atomic mass is 16.5. The summed E-state index contributed by atoms with van der Waals surface area (Å²) in [6.45, 7) is 2.46. The number of imidazole rings is 2. The highest BCUT2D eigenvalue weighted by Gasteiger charge is 2.10. The smallest absolute Gasteiger partial charge is 0.138 e. The van der Waals surface area contributed by atoms with E-state index >= 15 is 0 Å². The van der Waals surface area contributed by atoms with Crippen LogP contribution in [0.2, 0.25) is 0 Å². The fourth-order valence-electron chi connectivity index (χ4n) is 4.19. The summed E-state index contributed by atoms with van der Waals surface area (Å²) >= 11 is 0. The van der Waals surface area contributed by atoms with Crippen molar-refractivity contribution < 1.29 is 14.6 Å². The highest BCUT2D eigenvalue weighted by Crippen LogP contribution is 2.28. The second kappa shape index (κ2) is 11.5. The number of unbranched alkanes of at least 4 members (excludes halogenated alkanes) is 1. The maximum absolute atomic E-state index is 8.91. The van der Waals surface area contributed by atoms with Crippen molar-refractivity contribution in [3.63, 3.8) is 0 Å². The minimum atomic E-state index is 0.189. The number of aliphatic hydroxyl groups is 1. The molecule has 8 nitrogen and oxygen atoms in total. The van der Waals surface area contributed by atoms with E-state index in [2.05, 4.69) is 41.1 Å². The number of aliphatic hydroxyl groups excluding tert-OH is 1. The molecule has 0 atom stereocenters. The molecule has 3 N–H and O–H groups in total. The zero-order valence-corrected chi connectivity index (χ0v) is 21.3. The predicted octanol–water partition coefficient (Wildman–Crippen LogP) is 5.26. The van der Waals surface area contributed by atoms with Gasteiger partial charge in [-0.3, -0.25) is 0 Å². The van der Waals surface area contributed by atoms with Crippen molar-refractivity contribution in [2.75, 3.05) is 40.5 Å². The molecule has 0 unspecified atom stereocenters. The quantitative estimate of drug-likeness (QED) is 0.203. The molecule has 0 bridgehead atoms. The first-order chi connectivity index (χ1) is 18.1. The highest BCUT2D eigenvalue weighted by molar-refractivity contribution is 5.82. The van der Waals surface area contributed by atoms with E-state index < -0.39 is 0 Å². The van der Waals surface area contributed by atoms with Crippen LogP contribution in [-0.4, -0.2) is 70.4 Å². The molecule has 0 spiro atoms. The lowest BCUT2D eigenvalue weighted by molar-refractivity contribution is 0.253. The molecule has 0 radical (unpaired) electrons. The molecule has 192 valence electrons. The average Bonchev–Trinajstić information content (AvgIpc) is 3.53. The number of hydrogen-bond acceptors (Lipinski definition) is 6. The molecule has 0 fully saturated rings. The van der Waals surface area contributed by atoms with Crippen LogP contribution in [0.5, 0.6) is 11.5 Å². The summed E-state index contributed by atoms with van der Waals surface area (Å²) in [5, 5.41) is 8.91. The number of H-pyrrole nitrogens is 2. The first-order valence-corrected chi connectivity index (χ1v) is 12.7. The summed E-state index contributed by atoms with van der Waals surface area (Å²) in [5.41, 5.74) is 5.68. The van der Waals surface area contributed by atoms with Crippen molar-refractivity contribution in [1.82, 2.24) is 24.8 Å². The summed E-state index contributed by atoms with van der Waals surface area (Å²) in [4.78, 5) is 18.5. The molecule has 8 heteroatoms. The first-order valence-electron chi connectivity index (χ1n) is 12.7. The van der Waals surface area contributed by atoms with Crippen LogP contribution in [-0.2, 0) is 0 Å². The summed E-state index contributed by atoms with van der Waals surface area (Å²) in [6.07, 6.45) is 2.55. The molecule has 5 aromatic rings. The van der Waals surface area contributed by atoms with E-state index in [4.69, 9.17) is 24.5 Å². The summed E-state index contributed by atoms with van der Waals surface area (Å²) in [7, 11) is 4.13. The van der Waals surface area contributed by atoms with Crippen LogP contribution in [0, 0.1) is 0 Å². The van der Waals surface area contributed by atoms with Crippen molar-refractivity contribution in [2.45, 2.75) is 19.3 Å². The Bertz CT molecular complexity index is 1460. The Labute approximate surface area is 216 Å². The molecule has 0 amide bonds. The van der Waals surface area contributed by atoms with Gasteiger partial charge in [0.05, 0.1) is 35.3 Å². The van der Waals surface area contributed by atoms with E-state index in [1.54, 1.807) is 0 Å². The Hall–Kier alpha value is -3.88. The van der Waals surface area contributed by atoms with Crippen LogP contribution in [0.3, 0.4) is 0 Å². The number of nitrogens with one attached hydrogen (secondary N) is 2. The van der Waals surface area contributed by atoms with Gasteiger partial charge in [-0.1, -0.05) is 24.3 Å². The summed E-state index contributed by atoms with van der Waals surface area (Å²) in [5.74, 6) is 3.27. The van der Waals surface area contributed by atoms with Gasteiger partial charge in [0.1, 0.15) is 23.1 Å². The van der Waals surface area contributed by atoms with Gasteiger partial charge in [0.15, 0.2) is 0 Å². The van der Waals surface area contributed by atoms with Gasteiger partial charge in [-0.2, -0.15) is 0 Å². The maximum Gasteiger partial charge on any atom is 0.138 e. The summed E-state index contributed by atoms with van der Waals surface area (Å²) < 4.78 is 11.7. The molecule has 5 rings (SSSR count). The second-order valence-electron chi connectivity index (χ2n) is 9.39. The van der Waals surface area contributed by atoms with E-state index in [-0.39, 0.29) is 6.61 Å². The number of aromatic amines is 2. The Kier molecular flexibility index (Phi) is 7.67. The van der Waals surface area contributed by atoms with Crippen molar-refractivity contribution in [1.29, 1.82) is 0 Å². The van der Waals surface area contributed by atoms with Crippen LogP contribution in [0.4, 0.5) is 0 Å². The normalized spacial score (nSPS) is 11.6. The summed E-state index contributed by atoms with van der Waals surface area (Å²) in [6, 6.07) is 20.0. The third kappa shape index (κ3) is 6.10. The van der Waals surface area contributed by atoms with Crippen molar-refractivity contribution in [3.05, 3.63) is 60.7 Å². The van der Waals surface area contributed by atoms with Crippen LogP contribution >= 0.6 is 0 Å². The van der Waals surface area contributed by atoms with Crippen LogP contribution in [0.15, 0.2) is 60.7 Å². The second-order valence-corrected chi connectivity index (χ2v) is 9.39. The fraction of sp³-hybridized carbons (Fsp3) is 0.310. The van der Waals surface area contributed by atoms with E-state index in [1.807, 2.05) is 48.5 Å².